The third kappa shape index (κ3) is 4.95. The number of amides is 1. The van der Waals surface area contributed by atoms with Crippen LogP contribution in [-0.4, -0.2) is 70.3 Å². The van der Waals surface area contributed by atoms with Crippen molar-refractivity contribution in [2.75, 3.05) is 13.7 Å². The number of hydrogen-bond donors (Lipinski definition) is 3. The molecular formula is C25H37BN4O6. The van der Waals surface area contributed by atoms with E-state index in [-0.39, 0.29) is 23.4 Å². The number of ether oxygens (including phenoxy) is 1. The number of aliphatic hydroxyl groups excluding tert-OH is 1. The fraction of sp³-hybridized carbons (Fsp3) is 0.640. The van der Waals surface area contributed by atoms with Crippen LogP contribution in [0.2, 0.25) is 0 Å². The highest BCUT2D eigenvalue weighted by Crippen LogP contribution is 2.36. The third-order valence-corrected chi connectivity index (χ3v) is 7.60. The number of nitrogens with zero attached hydrogens (tertiary/aromatic N) is 2. The van der Waals surface area contributed by atoms with E-state index in [9.17, 15) is 14.7 Å². The monoisotopic (exact) mass is 500 g/mol. The van der Waals surface area contributed by atoms with E-state index < -0.39 is 30.8 Å². The predicted molar refractivity (Wildman–Crippen MR) is 137 cm³/mol. The fourth-order valence-electron chi connectivity index (χ4n) is 4.72. The molecule has 4 rings (SSSR count). The molecule has 2 aliphatic heterocycles. The van der Waals surface area contributed by atoms with Gasteiger partial charge in [0, 0.05) is 13.7 Å². The first-order chi connectivity index (χ1) is 16.8. The number of carbonyl (C=O) groups excluding carboxylic acids is 1. The molecule has 1 amide bonds. The van der Waals surface area contributed by atoms with Crippen molar-refractivity contribution in [2.45, 2.75) is 84.1 Å². The van der Waals surface area contributed by atoms with Gasteiger partial charge in [-0.15, -0.1) is 0 Å². The Balaban J connectivity index is 1.61. The Kier molecular flexibility index (Phi) is 7.33. The maximum absolute atomic E-state index is 13.4. The number of benzene rings is 1. The lowest BCUT2D eigenvalue weighted by atomic mass is 9.78. The quantitative estimate of drug-likeness (QED) is 0.385. The van der Waals surface area contributed by atoms with Gasteiger partial charge < -0.3 is 29.0 Å². The van der Waals surface area contributed by atoms with Crippen LogP contribution < -0.4 is 16.3 Å². The number of aromatic amines is 1. The maximum atomic E-state index is 13.4. The van der Waals surface area contributed by atoms with Crippen LogP contribution in [0, 0.1) is 5.92 Å². The van der Waals surface area contributed by atoms with E-state index in [0.29, 0.717) is 29.7 Å². The SMILES string of the molecule is COC(O)N[C@H](C(=O)N1CCC[C@H]1c1nc2ccc(B3OC(C)(C)C(C)(C)O3)cc2c(=O)[nH]1)C(C)C. The van der Waals surface area contributed by atoms with Crippen molar-refractivity contribution >= 4 is 29.4 Å². The molecule has 0 aliphatic carbocycles. The standard InChI is InChI=1S/C25H37BN4O6/c1-14(2)19(28-23(33)34-7)22(32)30-12-8-9-18(30)20-27-17-11-10-15(13-16(17)21(31)29-20)26-35-24(3,4)25(5,6)36-26/h10-11,13-14,18-19,23,28,33H,8-9,12H2,1-7H3,(H,27,29,31)/t18-,19-,23?/m0/s1. The lowest BCUT2D eigenvalue weighted by molar-refractivity contribution is -0.145. The summed E-state index contributed by atoms with van der Waals surface area (Å²) in [5.74, 6) is 0.208. The van der Waals surface area contributed by atoms with E-state index >= 15 is 0 Å². The lowest BCUT2D eigenvalue weighted by Gasteiger charge is -2.32. The van der Waals surface area contributed by atoms with Gasteiger partial charge in [-0.3, -0.25) is 14.9 Å². The average molecular weight is 500 g/mol. The van der Waals surface area contributed by atoms with Crippen LogP contribution in [0.1, 0.15) is 66.3 Å². The Morgan fingerprint density at radius 3 is 2.56 bits per heavy atom. The molecular weight excluding hydrogens is 463 g/mol. The van der Waals surface area contributed by atoms with Gasteiger partial charge >= 0.3 is 7.12 Å². The molecule has 2 fully saturated rings. The first kappa shape index (κ1) is 26.7. The Bertz CT molecular complexity index is 1170. The number of fused-ring (bicyclic) bond motifs is 1. The summed E-state index contributed by atoms with van der Waals surface area (Å²) in [4.78, 5) is 35.9. The number of rotatable bonds is 7. The zero-order chi connectivity index (χ0) is 26.4. The van der Waals surface area contributed by atoms with E-state index in [1.165, 1.54) is 7.11 Å². The average Bonchev–Trinajstić information content (AvgIpc) is 3.38. The Morgan fingerprint density at radius 1 is 1.28 bits per heavy atom. The summed E-state index contributed by atoms with van der Waals surface area (Å²) in [7, 11) is 0.782. The van der Waals surface area contributed by atoms with Gasteiger partial charge in [0.05, 0.1) is 34.2 Å². The predicted octanol–water partition coefficient (Wildman–Crippen LogP) is 1.42. The van der Waals surface area contributed by atoms with Crippen molar-refractivity contribution in [3.63, 3.8) is 0 Å². The van der Waals surface area contributed by atoms with E-state index in [0.717, 1.165) is 11.9 Å². The van der Waals surface area contributed by atoms with Crippen LogP contribution in [0.5, 0.6) is 0 Å². The molecule has 3 atom stereocenters. The highest BCUT2D eigenvalue weighted by Gasteiger charge is 2.51. The highest BCUT2D eigenvalue weighted by molar-refractivity contribution is 6.62. The molecule has 1 aromatic heterocycles. The van der Waals surface area contributed by atoms with Gasteiger partial charge in [0.2, 0.25) is 12.3 Å². The van der Waals surface area contributed by atoms with Crippen molar-refractivity contribution in [3.05, 3.63) is 34.4 Å². The topological polar surface area (TPSA) is 126 Å². The van der Waals surface area contributed by atoms with Crippen LogP contribution in [-0.2, 0) is 18.8 Å². The number of nitrogens with one attached hydrogen (secondary N) is 2. The molecule has 0 radical (unpaired) electrons. The van der Waals surface area contributed by atoms with Gasteiger partial charge in [0.1, 0.15) is 5.82 Å². The molecule has 36 heavy (non-hydrogen) atoms. The van der Waals surface area contributed by atoms with Gasteiger partial charge in [-0.1, -0.05) is 19.9 Å². The number of aliphatic hydroxyl groups is 1. The van der Waals surface area contributed by atoms with Crippen LogP contribution in [0.15, 0.2) is 23.0 Å². The molecule has 3 N–H and O–H groups in total. The molecule has 2 aliphatic rings. The second-order valence-electron chi connectivity index (χ2n) is 11.0. The molecule has 0 saturated carbocycles. The van der Waals surface area contributed by atoms with E-state index in [1.807, 2.05) is 47.6 Å². The zero-order valence-corrected chi connectivity index (χ0v) is 22.1. The van der Waals surface area contributed by atoms with Gasteiger partial charge in [-0.05, 0) is 64.1 Å². The van der Waals surface area contributed by atoms with Gasteiger partial charge in [-0.25, -0.2) is 4.98 Å². The van der Waals surface area contributed by atoms with Gasteiger partial charge in [0.15, 0.2) is 0 Å². The van der Waals surface area contributed by atoms with Crippen molar-refractivity contribution in [2.24, 2.45) is 5.92 Å². The largest absolute Gasteiger partial charge is 0.494 e. The highest BCUT2D eigenvalue weighted by atomic mass is 16.7. The van der Waals surface area contributed by atoms with Crippen LogP contribution >= 0.6 is 0 Å². The summed E-state index contributed by atoms with van der Waals surface area (Å²) in [5, 5.41) is 13.1. The fourth-order valence-corrected chi connectivity index (χ4v) is 4.72. The Labute approximate surface area is 211 Å². The minimum Gasteiger partial charge on any atom is -0.399 e. The van der Waals surface area contributed by atoms with Crippen molar-refractivity contribution < 1.29 is 23.9 Å². The smallest absolute Gasteiger partial charge is 0.399 e. The number of likely N-dealkylation sites (tertiary alicyclic amines) is 1. The summed E-state index contributed by atoms with van der Waals surface area (Å²) in [6.45, 7) is 12.3. The molecule has 1 unspecified atom stereocenters. The minimum absolute atomic E-state index is 0.0828. The summed E-state index contributed by atoms with van der Waals surface area (Å²) in [6.07, 6.45) is 0.222. The summed E-state index contributed by atoms with van der Waals surface area (Å²) < 4.78 is 17.1. The summed E-state index contributed by atoms with van der Waals surface area (Å²) >= 11 is 0. The number of carbonyl (C=O) groups is 1. The first-order valence-corrected chi connectivity index (χ1v) is 12.5. The van der Waals surface area contributed by atoms with E-state index in [4.69, 9.17) is 19.0 Å². The molecule has 0 spiro atoms. The van der Waals surface area contributed by atoms with Crippen LogP contribution in [0.25, 0.3) is 10.9 Å². The van der Waals surface area contributed by atoms with Crippen LogP contribution in [0.3, 0.4) is 0 Å². The lowest BCUT2D eigenvalue weighted by Crippen LogP contribution is -2.52. The van der Waals surface area contributed by atoms with E-state index in [1.54, 1.807) is 17.0 Å². The van der Waals surface area contributed by atoms with Crippen molar-refractivity contribution in [1.82, 2.24) is 20.2 Å². The number of aromatic nitrogens is 2. The summed E-state index contributed by atoms with van der Waals surface area (Å²) in [6, 6.07) is 4.41. The van der Waals surface area contributed by atoms with E-state index in [2.05, 4.69) is 10.3 Å². The molecule has 2 aromatic rings. The number of hydrogen-bond acceptors (Lipinski definition) is 8. The molecule has 196 valence electrons. The second kappa shape index (κ2) is 9.87. The molecule has 11 heteroatoms. The van der Waals surface area contributed by atoms with Crippen molar-refractivity contribution in [3.8, 4) is 0 Å². The maximum Gasteiger partial charge on any atom is 0.494 e. The number of methoxy groups -OCH3 is 1. The van der Waals surface area contributed by atoms with Crippen molar-refractivity contribution in [1.29, 1.82) is 0 Å². The Hall–Kier alpha value is -2.31. The molecule has 1 aromatic carbocycles. The minimum atomic E-state index is -1.25. The normalized spacial score (nSPS) is 23.0. The third-order valence-electron chi connectivity index (χ3n) is 7.60. The molecule has 10 nitrogen and oxygen atoms in total. The molecule has 3 heterocycles. The summed E-state index contributed by atoms with van der Waals surface area (Å²) in [5.41, 5.74) is 0.0487. The van der Waals surface area contributed by atoms with Crippen LogP contribution in [0.4, 0.5) is 0 Å². The zero-order valence-electron chi connectivity index (χ0n) is 22.1. The molecule has 0 bridgehead atoms. The Morgan fingerprint density at radius 2 is 1.94 bits per heavy atom. The van der Waals surface area contributed by atoms with Gasteiger partial charge in [0.25, 0.3) is 5.56 Å². The molecule has 2 saturated heterocycles. The second-order valence-corrected chi connectivity index (χ2v) is 11.0. The first-order valence-electron chi connectivity index (χ1n) is 12.5. The van der Waals surface area contributed by atoms with Gasteiger partial charge in [-0.2, -0.15) is 0 Å². The number of H-pyrrole nitrogens is 1.